The van der Waals surface area contributed by atoms with Gasteiger partial charge in [0.05, 0.1) is 6.20 Å². The highest BCUT2D eigenvalue weighted by molar-refractivity contribution is 5.95. The van der Waals surface area contributed by atoms with Crippen molar-refractivity contribution in [1.82, 2.24) is 15.0 Å². The summed E-state index contributed by atoms with van der Waals surface area (Å²) in [4.78, 5) is 3.79. The fraction of sp³-hybridized carbons (Fsp3) is 0.400. The first-order valence-electron chi connectivity index (χ1n) is 2.83. The zero-order valence-corrected chi connectivity index (χ0v) is 5.94. The van der Waals surface area contributed by atoms with E-state index in [0.29, 0.717) is 5.84 Å². The monoisotopic (exact) mass is 139 g/mol. The SMILES string of the molecule is CN=C(N)c1cnnn1C. The van der Waals surface area contributed by atoms with Crippen molar-refractivity contribution in [1.29, 1.82) is 0 Å². The van der Waals surface area contributed by atoms with Crippen molar-refractivity contribution < 1.29 is 0 Å². The molecule has 0 amide bonds. The Morgan fingerprint density at radius 3 is 2.90 bits per heavy atom. The lowest BCUT2D eigenvalue weighted by molar-refractivity contribution is 0.709. The number of nitrogens with zero attached hydrogens (tertiary/aromatic N) is 4. The molecule has 1 aromatic heterocycles. The summed E-state index contributed by atoms with van der Waals surface area (Å²) in [5.74, 6) is 0.451. The quantitative estimate of drug-likeness (QED) is 0.407. The van der Waals surface area contributed by atoms with E-state index >= 15 is 0 Å². The number of amidine groups is 1. The van der Waals surface area contributed by atoms with E-state index in [1.807, 2.05) is 0 Å². The molecule has 0 radical (unpaired) electrons. The zero-order chi connectivity index (χ0) is 7.56. The van der Waals surface area contributed by atoms with Gasteiger partial charge in [0.2, 0.25) is 0 Å². The van der Waals surface area contributed by atoms with Gasteiger partial charge in [-0.25, -0.2) is 4.68 Å². The number of aliphatic imine (C=N–C) groups is 1. The second-order valence-electron chi connectivity index (χ2n) is 1.85. The van der Waals surface area contributed by atoms with Gasteiger partial charge < -0.3 is 5.73 Å². The second-order valence-corrected chi connectivity index (χ2v) is 1.85. The van der Waals surface area contributed by atoms with Crippen LogP contribution in [0, 0.1) is 0 Å². The van der Waals surface area contributed by atoms with Gasteiger partial charge in [0.1, 0.15) is 11.5 Å². The summed E-state index contributed by atoms with van der Waals surface area (Å²) in [6, 6.07) is 0. The Morgan fingerprint density at radius 1 is 1.80 bits per heavy atom. The van der Waals surface area contributed by atoms with Crippen molar-refractivity contribution in [2.24, 2.45) is 17.8 Å². The van der Waals surface area contributed by atoms with E-state index in [9.17, 15) is 0 Å². The Morgan fingerprint density at radius 2 is 2.50 bits per heavy atom. The fourth-order valence-corrected chi connectivity index (χ4v) is 0.636. The largest absolute Gasteiger partial charge is 0.382 e. The molecule has 1 rings (SSSR count). The molecule has 54 valence electrons. The maximum absolute atomic E-state index is 5.49. The van der Waals surface area contributed by atoms with Gasteiger partial charge in [0, 0.05) is 14.1 Å². The molecule has 0 saturated carbocycles. The average Bonchev–Trinajstić information content (AvgIpc) is 2.34. The van der Waals surface area contributed by atoms with Gasteiger partial charge in [0.25, 0.3) is 0 Å². The first kappa shape index (κ1) is 6.73. The molecule has 5 nitrogen and oxygen atoms in total. The highest BCUT2D eigenvalue weighted by Gasteiger charge is 2.01. The Hall–Kier alpha value is -1.39. The molecule has 0 spiro atoms. The molecule has 0 aliphatic heterocycles. The predicted molar refractivity (Wildman–Crippen MR) is 37.7 cm³/mol. The number of rotatable bonds is 1. The minimum Gasteiger partial charge on any atom is -0.382 e. The summed E-state index contributed by atoms with van der Waals surface area (Å²) in [5, 5.41) is 7.33. The third kappa shape index (κ3) is 0.975. The molecule has 0 aliphatic carbocycles. The van der Waals surface area contributed by atoms with Crippen molar-refractivity contribution in [3.63, 3.8) is 0 Å². The summed E-state index contributed by atoms with van der Waals surface area (Å²) in [5.41, 5.74) is 6.23. The molecule has 1 aromatic rings. The van der Waals surface area contributed by atoms with Gasteiger partial charge in [-0.2, -0.15) is 0 Å². The summed E-state index contributed by atoms with van der Waals surface area (Å²) in [7, 11) is 3.39. The molecule has 0 unspecified atom stereocenters. The Kier molecular flexibility index (Phi) is 1.66. The molecule has 0 aromatic carbocycles. The Balaban J connectivity index is 3.05. The Labute approximate surface area is 58.6 Å². The van der Waals surface area contributed by atoms with Crippen molar-refractivity contribution in [2.75, 3.05) is 7.05 Å². The number of aryl methyl sites for hydroxylation is 1. The van der Waals surface area contributed by atoms with Gasteiger partial charge in [-0.1, -0.05) is 5.21 Å². The highest BCUT2D eigenvalue weighted by atomic mass is 15.4. The first-order valence-corrected chi connectivity index (χ1v) is 2.83. The van der Waals surface area contributed by atoms with E-state index in [0.717, 1.165) is 5.69 Å². The number of nitrogens with two attached hydrogens (primary N) is 1. The van der Waals surface area contributed by atoms with Crippen LogP contribution in [0.2, 0.25) is 0 Å². The van der Waals surface area contributed by atoms with Crippen LogP contribution < -0.4 is 5.73 Å². The molecule has 0 bridgehead atoms. The standard InChI is InChI=1S/C5H9N5/c1-7-5(6)4-3-8-9-10(4)2/h3H,1-2H3,(H2,6,7). The van der Waals surface area contributed by atoms with E-state index in [-0.39, 0.29) is 0 Å². The number of hydrogen-bond acceptors (Lipinski definition) is 3. The van der Waals surface area contributed by atoms with Crippen LogP contribution in [0.1, 0.15) is 5.69 Å². The van der Waals surface area contributed by atoms with Crippen molar-refractivity contribution in [2.45, 2.75) is 0 Å². The fourth-order valence-electron chi connectivity index (χ4n) is 0.636. The molecular weight excluding hydrogens is 130 g/mol. The van der Waals surface area contributed by atoms with E-state index in [1.165, 1.54) is 0 Å². The van der Waals surface area contributed by atoms with Gasteiger partial charge in [-0.15, -0.1) is 5.10 Å². The summed E-state index contributed by atoms with van der Waals surface area (Å²) in [6.45, 7) is 0. The molecule has 0 fully saturated rings. The minimum absolute atomic E-state index is 0.451. The third-order valence-electron chi connectivity index (χ3n) is 1.22. The maximum atomic E-state index is 5.49. The molecule has 5 heteroatoms. The molecular formula is C5H9N5. The van der Waals surface area contributed by atoms with E-state index < -0.39 is 0 Å². The van der Waals surface area contributed by atoms with E-state index in [2.05, 4.69) is 15.3 Å². The van der Waals surface area contributed by atoms with E-state index in [4.69, 9.17) is 5.73 Å². The molecule has 0 atom stereocenters. The normalized spacial score (nSPS) is 12.0. The third-order valence-corrected chi connectivity index (χ3v) is 1.22. The van der Waals surface area contributed by atoms with Crippen LogP contribution in [0.25, 0.3) is 0 Å². The zero-order valence-electron chi connectivity index (χ0n) is 5.94. The van der Waals surface area contributed by atoms with Crippen LogP contribution in [0.15, 0.2) is 11.2 Å². The maximum Gasteiger partial charge on any atom is 0.145 e. The lowest BCUT2D eigenvalue weighted by atomic mass is 10.4. The second kappa shape index (κ2) is 2.47. The van der Waals surface area contributed by atoms with Crippen molar-refractivity contribution in [3.8, 4) is 0 Å². The molecule has 0 saturated heterocycles. The minimum atomic E-state index is 0.451. The van der Waals surface area contributed by atoms with Gasteiger partial charge in [-0.3, -0.25) is 4.99 Å². The molecule has 10 heavy (non-hydrogen) atoms. The Bertz CT molecular complexity index is 248. The van der Waals surface area contributed by atoms with Crippen LogP contribution in [-0.2, 0) is 7.05 Å². The van der Waals surface area contributed by atoms with Crippen LogP contribution in [0.3, 0.4) is 0 Å². The lowest BCUT2D eigenvalue weighted by Gasteiger charge is -1.95. The lowest BCUT2D eigenvalue weighted by Crippen LogP contribution is -2.17. The van der Waals surface area contributed by atoms with Crippen molar-refractivity contribution in [3.05, 3.63) is 11.9 Å². The smallest absolute Gasteiger partial charge is 0.145 e. The topological polar surface area (TPSA) is 69.1 Å². The van der Waals surface area contributed by atoms with Crippen LogP contribution >= 0.6 is 0 Å². The number of hydrogen-bond donors (Lipinski definition) is 1. The van der Waals surface area contributed by atoms with Crippen LogP contribution in [0.5, 0.6) is 0 Å². The van der Waals surface area contributed by atoms with Gasteiger partial charge in [0.15, 0.2) is 0 Å². The average molecular weight is 139 g/mol. The van der Waals surface area contributed by atoms with Crippen molar-refractivity contribution >= 4 is 5.84 Å². The van der Waals surface area contributed by atoms with Crippen LogP contribution in [0.4, 0.5) is 0 Å². The number of aromatic nitrogens is 3. The molecule has 1 heterocycles. The highest BCUT2D eigenvalue weighted by Crippen LogP contribution is 1.90. The van der Waals surface area contributed by atoms with E-state index in [1.54, 1.807) is 25.0 Å². The summed E-state index contributed by atoms with van der Waals surface area (Å²) >= 11 is 0. The molecule has 0 aliphatic rings. The summed E-state index contributed by atoms with van der Waals surface area (Å²) < 4.78 is 1.57. The van der Waals surface area contributed by atoms with Gasteiger partial charge in [-0.05, 0) is 0 Å². The summed E-state index contributed by atoms with van der Waals surface area (Å²) in [6.07, 6.45) is 1.57. The predicted octanol–water partition coefficient (Wildman–Crippen LogP) is -0.850. The molecule has 2 N–H and O–H groups in total. The van der Waals surface area contributed by atoms with Gasteiger partial charge >= 0.3 is 0 Å². The van der Waals surface area contributed by atoms with Crippen LogP contribution in [-0.4, -0.2) is 27.9 Å². The first-order chi connectivity index (χ1) is 4.75.